The smallest absolute Gasteiger partial charge is 0.298 e. The summed E-state index contributed by atoms with van der Waals surface area (Å²) in [5.41, 5.74) is 1.24. The maximum Gasteiger partial charge on any atom is 0.298 e. The first-order chi connectivity index (χ1) is 6.81. The van der Waals surface area contributed by atoms with E-state index in [1.165, 1.54) is 5.56 Å². The van der Waals surface area contributed by atoms with Crippen molar-refractivity contribution in [2.45, 2.75) is 32.6 Å². The maximum absolute atomic E-state index is 10.2. The van der Waals surface area contributed by atoms with E-state index in [0.29, 0.717) is 18.1 Å². The average molecular weight is 192 g/mol. The van der Waals surface area contributed by atoms with E-state index in [0.717, 1.165) is 12.8 Å². The van der Waals surface area contributed by atoms with Crippen molar-refractivity contribution < 1.29 is 9.53 Å². The molecule has 14 heavy (non-hydrogen) atoms. The molecule has 0 N–H and O–H groups in total. The lowest BCUT2D eigenvalue weighted by atomic mass is 9.94. The zero-order valence-electron chi connectivity index (χ0n) is 8.69. The Morgan fingerprint density at radius 3 is 2.64 bits per heavy atom. The maximum atomic E-state index is 10.2. The van der Waals surface area contributed by atoms with Crippen LogP contribution in [0.1, 0.15) is 38.2 Å². The first kappa shape index (κ1) is 10.8. The van der Waals surface area contributed by atoms with Crippen molar-refractivity contribution in [1.82, 2.24) is 0 Å². The minimum Gasteiger partial charge on any atom is -0.429 e. The molecule has 1 rings (SSSR count). The van der Waals surface area contributed by atoms with Crippen LogP contribution in [0.2, 0.25) is 0 Å². The summed E-state index contributed by atoms with van der Waals surface area (Å²) in [6.45, 7) is 4.80. The van der Waals surface area contributed by atoms with Crippen molar-refractivity contribution in [3.63, 3.8) is 0 Å². The number of carbonyl (C=O) groups excluding carboxylic acids is 1. The van der Waals surface area contributed by atoms with Crippen molar-refractivity contribution in [2.75, 3.05) is 0 Å². The van der Waals surface area contributed by atoms with Crippen molar-refractivity contribution in [3.05, 3.63) is 29.8 Å². The van der Waals surface area contributed by atoms with Gasteiger partial charge in [-0.05, 0) is 36.5 Å². The minimum absolute atomic E-state index is 0.464. The van der Waals surface area contributed by atoms with Crippen molar-refractivity contribution >= 4 is 6.47 Å². The molecular formula is C12H16O2. The van der Waals surface area contributed by atoms with Crippen LogP contribution in [0.4, 0.5) is 0 Å². The fourth-order valence-corrected chi connectivity index (χ4v) is 1.66. The van der Waals surface area contributed by atoms with Crippen LogP contribution in [0.15, 0.2) is 24.3 Å². The van der Waals surface area contributed by atoms with Gasteiger partial charge in [-0.15, -0.1) is 0 Å². The summed E-state index contributed by atoms with van der Waals surface area (Å²) in [5.74, 6) is 1.19. The number of carbonyl (C=O) groups is 1. The molecule has 0 saturated heterocycles. The lowest BCUT2D eigenvalue weighted by molar-refractivity contribution is -0.120. The largest absolute Gasteiger partial charge is 0.429 e. The van der Waals surface area contributed by atoms with Crippen LogP contribution in [0.25, 0.3) is 0 Å². The van der Waals surface area contributed by atoms with Gasteiger partial charge in [-0.1, -0.05) is 26.0 Å². The summed E-state index contributed by atoms with van der Waals surface area (Å²) in [6.07, 6.45) is 2.22. The molecule has 2 nitrogen and oxygen atoms in total. The number of hydrogen-bond donors (Lipinski definition) is 0. The molecule has 1 aromatic rings. The van der Waals surface area contributed by atoms with Crippen LogP contribution < -0.4 is 4.74 Å². The number of benzene rings is 1. The topological polar surface area (TPSA) is 26.3 Å². The molecule has 0 radical (unpaired) electrons. The second kappa shape index (κ2) is 5.43. The van der Waals surface area contributed by atoms with Gasteiger partial charge in [0, 0.05) is 0 Å². The highest BCUT2D eigenvalue weighted by Crippen LogP contribution is 2.25. The van der Waals surface area contributed by atoms with Crippen LogP contribution >= 0.6 is 0 Å². The molecule has 0 spiro atoms. The molecule has 0 aromatic heterocycles. The molecule has 0 aliphatic carbocycles. The highest BCUT2D eigenvalue weighted by Gasteiger charge is 2.07. The Morgan fingerprint density at radius 2 is 2.07 bits per heavy atom. The van der Waals surface area contributed by atoms with Gasteiger partial charge in [0.1, 0.15) is 5.75 Å². The lowest BCUT2D eigenvalue weighted by Crippen LogP contribution is -1.96. The van der Waals surface area contributed by atoms with Crippen LogP contribution in [-0.2, 0) is 4.79 Å². The van der Waals surface area contributed by atoms with Gasteiger partial charge < -0.3 is 4.74 Å². The molecule has 0 unspecified atom stereocenters. The molecule has 0 heterocycles. The molecule has 0 aliphatic rings. The summed E-state index contributed by atoms with van der Waals surface area (Å²) in [4.78, 5) is 10.2. The fourth-order valence-electron chi connectivity index (χ4n) is 1.66. The Morgan fingerprint density at radius 1 is 1.36 bits per heavy atom. The highest BCUT2D eigenvalue weighted by atomic mass is 16.5. The van der Waals surface area contributed by atoms with Gasteiger partial charge in [0.2, 0.25) is 0 Å². The molecule has 0 aliphatic heterocycles. The van der Waals surface area contributed by atoms with E-state index >= 15 is 0 Å². The van der Waals surface area contributed by atoms with E-state index in [2.05, 4.69) is 19.9 Å². The van der Waals surface area contributed by atoms with Crippen molar-refractivity contribution in [2.24, 2.45) is 0 Å². The first-order valence-electron chi connectivity index (χ1n) is 5.02. The molecule has 0 bridgehead atoms. The van der Waals surface area contributed by atoms with Crippen LogP contribution in [0.5, 0.6) is 5.75 Å². The third-order valence-electron chi connectivity index (χ3n) is 2.50. The Kier molecular flexibility index (Phi) is 4.17. The predicted octanol–water partition coefficient (Wildman–Crippen LogP) is 3.13. The monoisotopic (exact) mass is 192 g/mol. The molecule has 0 amide bonds. The van der Waals surface area contributed by atoms with Gasteiger partial charge in [0.25, 0.3) is 6.47 Å². The summed E-state index contributed by atoms with van der Waals surface area (Å²) in [6, 6.07) is 7.73. The first-order valence-corrected chi connectivity index (χ1v) is 5.02. The number of ether oxygens (including phenoxy) is 1. The van der Waals surface area contributed by atoms with Crippen molar-refractivity contribution in [1.29, 1.82) is 0 Å². The fraction of sp³-hybridized carbons (Fsp3) is 0.417. The van der Waals surface area contributed by atoms with Gasteiger partial charge in [0.15, 0.2) is 0 Å². The van der Waals surface area contributed by atoms with Crippen molar-refractivity contribution in [3.8, 4) is 5.75 Å². The summed E-state index contributed by atoms with van der Waals surface area (Å²) in [5, 5.41) is 0. The SMILES string of the molecule is CCC(CC)c1cccc(OC=O)c1. The quantitative estimate of drug-likeness (QED) is 0.670. The average Bonchev–Trinajstić information content (AvgIpc) is 2.21. The third kappa shape index (κ3) is 2.59. The van der Waals surface area contributed by atoms with Gasteiger partial charge in [-0.2, -0.15) is 0 Å². The van der Waals surface area contributed by atoms with E-state index in [1.54, 1.807) is 6.07 Å². The Labute approximate surface area is 84.9 Å². The number of rotatable bonds is 5. The second-order valence-electron chi connectivity index (χ2n) is 3.30. The van der Waals surface area contributed by atoms with Gasteiger partial charge in [-0.25, -0.2) is 0 Å². The molecule has 76 valence electrons. The van der Waals surface area contributed by atoms with Gasteiger partial charge in [-0.3, -0.25) is 4.79 Å². The number of hydrogen-bond acceptors (Lipinski definition) is 2. The molecule has 1 aromatic carbocycles. The summed E-state index contributed by atoms with van der Waals surface area (Å²) < 4.78 is 4.81. The van der Waals surface area contributed by atoms with E-state index in [-0.39, 0.29) is 0 Å². The standard InChI is InChI=1S/C12H16O2/c1-3-10(4-2)11-6-5-7-12(8-11)14-9-13/h5-10H,3-4H2,1-2H3. The zero-order chi connectivity index (χ0) is 10.4. The Hall–Kier alpha value is -1.31. The van der Waals surface area contributed by atoms with Crippen LogP contribution in [-0.4, -0.2) is 6.47 Å². The molecule has 2 heteroatoms. The molecule has 0 saturated carbocycles. The summed E-state index contributed by atoms with van der Waals surface area (Å²) in [7, 11) is 0. The zero-order valence-corrected chi connectivity index (χ0v) is 8.69. The Balaban J connectivity index is 2.86. The van der Waals surface area contributed by atoms with E-state index < -0.39 is 0 Å². The Bertz CT molecular complexity index is 290. The van der Waals surface area contributed by atoms with E-state index in [4.69, 9.17) is 4.74 Å². The van der Waals surface area contributed by atoms with Crippen LogP contribution in [0.3, 0.4) is 0 Å². The van der Waals surface area contributed by atoms with Crippen LogP contribution in [0, 0.1) is 0 Å². The molecule has 0 fully saturated rings. The third-order valence-corrected chi connectivity index (χ3v) is 2.50. The van der Waals surface area contributed by atoms with E-state index in [1.807, 2.05) is 12.1 Å². The minimum atomic E-state index is 0.464. The predicted molar refractivity (Wildman–Crippen MR) is 56.5 cm³/mol. The second-order valence-corrected chi connectivity index (χ2v) is 3.30. The van der Waals surface area contributed by atoms with Gasteiger partial charge >= 0.3 is 0 Å². The van der Waals surface area contributed by atoms with E-state index in [9.17, 15) is 4.79 Å². The summed E-state index contributed by atoms with van der Waals surface area (Å²) >= 11 is 0. The highest BCUT2D eigenvalue weighted by molar-refractivity contribution is 5.46. The normalized spacial score (nSPS) is 10.2. The van der Waals surface area contributed by atoms with Gasteiger partial charge in [0.05, 0.1) is 0 Å². The lowest BCUT2D eigenvalue weighted by Gasteiger charge is -2.12. The molecule has 0 atom stereocenters. The molecular weight excluding hydrogens is 176 g/mol.